The van der Waals surface area contributed by atoms with Crippen LogP contribution in [-0.4, -0.2) is 38.4 Å². The second-order valence-electron chi connectivity index (χ2n) is 4.63. The monoisotopic (exact) mass is 272 g/mol. The van der Waals surface area contributed by atoms with E-state index in [2.05, 4.69) is 5.32 Å². The van der Waals surface area contributed by atoms with Gasteiger partial charge in [-0.3, -0.25) is 0 Å². The zero-order valence-electron chi connectivity index (χ0n) is 10.5. The van der Waals surface area contributed by atoms with E-state index in [1.165, 1.54) is 22.5 Å². The molecule has 1 saturated heterocycles. The Hall–Kier alpha value is -0.980. The highest BCUT2D eigenvalue weighted by molar-refractivity contribution is 7.89. The van der Waals surface area contributed by atoms with Gasteiger partial charge in [0.2, 0.25) is 10.0 Å². The number of rotatable bonds is 2. The van der Waals surface area contributed by atoms with E-state index in [9.17, 15) is 12.8 Å². The van der Waals surface area contributed by atoms with E-state index >= 15 is 0 Å². The molecule has 1 aliphatic heterocycles. The smallest absolute Gasteiger partial charge is 0.243 e. The molecular weight excluding hydrogens is 255 g/mol. The van der Waals surface area contributed by atoms with Crippen LogP contribution in [-0.2, 0) is 10.0 Å². The van der Waals surface area contributed by atoms with Crippen molar-refractivity contribution in [3.63, 3.8) is 0 Å². The number of benzene rings is 1. The second-order valence-corrected chi connectivity index (χ2v) is 6.53. The summed E-state index contributed by atoms with van der Waals surface area (Å²) in [5.74, 6) is -0.417. The summed E-state index contributed by atoms with van der Waals surface area (Å²) in [6.07, 6.45) is 0. The molecule has 0 spiro atoms. The van der Waals surface area contributed by atoms with Gasteiger partial charge in [0.05, 0.1) is 4.90 Å². The van der Waals surface area contributed by atoms with Crippen molar-refractivity contribution in [2.75, 3.05) is 19.6 Å². The summed E-state index contributed by atoms with van der Waals surface area (Å²) in [6.45, 7) is 5.09. The van der Waals surface area contributed by atoms with E-state index < -0.39 is 15.8 Å². The fraction of sp³-hybridized carbons (Fsp3) is 0.500. The van der Waals surface area contributed by atoms with Gasteiger partial charge in [0.1, 0.15) is 5.82 Å². The molecule has 1 fully saturated rings. The van der Waals surface area contributed by atoms with Crippen molar-refractivity contribution in [2.45, 2.75) is 24.8 Å². The molecule has 1 aromatic carbocycles. The summed E-state index contributed by atoms with van der Waals surface area (Å²) in [4.78, 5) is 0.193. The number of hydrogen-bond donors (Lipinski definition) is 1. The molecule has 2 rings (SSSR count). The molecule has 0 bridgehead atoms. The summed E-state index contributed by atoms with van der Waals surface area (Å²) in [5.41, 5.74) is 0.446. The lowest BCUT2D eigenvalue weighted by atomic mass is 10.2. The minimum atomic E-state index is -3.52. The molecule has 1 aliphatic rings. The highest BCUT2D eigenvalue weighted by atomic mass is 32.2. The summed E-state index contributed by atoms with van der Waals surface area (Å²) in [7, 11) is -3.52. The molecular formula is C12H17FN2O2S. The van der Waals surface area contributed by atoms with Gasteiger partial charge in [0.15, 0.2) is 0 Å². The van der Waals surface area contributed by atoms with Crippen molar-refractivity contribution in [3.8, 4) is 0 Å². The van der Waals surface area contributed by atoms with Crippen LogP contribution in [0, 0.1) is 12.7 Å². The lowest BCUT2D eigenvalue weighted by Gasteiger charge is -2.31. The van der Waals surface area contributed by atoms with Gasteiger partial charge in [-0.05, 0) is 37.6 Å². The van der Waals surface area contributed by atoms with Crippen LogP contribution in [0.25, 0.3) is 0 Å². The SMILES string of the molecule is Cc1cc(F)ccc1S(=O)(=O)N1CCNC(C)C1. The average Bonchev–Trinajstić information content (AvgIpc) is 2.28. The van der Waals surface area contributed by atoms with Gasteiger partial charge in [-0.1, -0.05) is 0 Å². The minimum absolute atomic E-state index is 0.134. The number of aryl methyl sites for hydroxylation is 1. The molecule has 1 aromatic rings. The van der Waals surface area contributed by atoms with Crippen molar-refractivity contribution >= 4 is 10.0 Å². The molecule has 6 heteroatoms. The summed E-state index contributed by atoms with van der Waals surface area (Å²) < 4.78 is 39.4. The van der Waals surface area contributed by atoms with E-state index in [-0.39, 0.29) is 10.9 Å². The Labute approximate surface area is 107 Å². The molecule has 1 atom stereocenters. The first kappa shape index (κ1) is 13.5. The first-order chi connectivity index (χ1) is 8.41. The van der Waals surface area contributed by atoms with E-state index in [0.29, 0.717) is 25.2 Å². The van der Waals surface area contributed by atoms with Crippen LogP contribution < -0.4 is 5.32 Å². The Balaban J connectivity index is 2.35. The molecule has 1 unspecified atom stereocenters. The van der Waals surface area contributed by atoms with Crippen molar-refractivity contribution < 1.29 is 12.8 Å². The number of nitrogens with one attached hydrogen (secondary N) is 1. The molecule has 0 amide bonds. The Kier molecular flexibility index (Phi) is 3.70. The van der Waals surface area contributed by atoms with Crippen molar-refractivity contribution in [1.82, 2.24) is 9.62 Å². The van der Waals surface area contributed by atoms with Crippen LogP contribution >= 0.6 is 0 Å². The van der Waals surface area contributed by atoms with E-state index in [1.807, 2.05) is 6.92 Å². The molecule has 1 N–H and O–H groups in total. The van der Waals surface area contributed by atoms with Crippen LogP contribution in [0.15, 0.2) is 23.1 Å². The Morgan fingerprint density at radius 3 is 2.78 bits per heavy atom. The zero-order valence-corrected chi connectivity index (χ0v) is 11.3. The predicted molar refractivity (Wildman–Crippen MR) is 67.4 cm³/mol. The van der Waals surface area contributed by atoms with Crippen LogP contribution in [0.3, 0.4) is 0 Å². The first-order valence-electron chi connectivity index (χ1n) is 5.91. The maximum absolute atomic E-state index is 13.0. The Morgan fingerprint density at radius 2 is 2.17 bits per heavy atom. The van der Waals surface area contributed by atoms with Crippen LogP contribution in [0.2, 0.25) is 0 Å². The molecule has 1 heterocycles. The van der Waals surface area contributed by atoms with Gasteiger partial charge >= 0.3 is 0 Å². The lowest BCUT2D eigenvalue weighted by Crippen LogP contribution is -2.51. The Bertz CT molecular complexity index is 545. The normalized spacial score (nSPS) is 22.1. The lowest BCUT2D eigenvalue weighted by molar-refractivity contribution is 0.310. The summed E-state index contributed by atoms with van der Waals surface area (Å²) in [6, 6.07) is 3.91. The minimum Gasteiger partial charge on any atom is -0.312 e. The van der Waals surface area contributed by atoms with Crippen LogP contribution in [0.4, 0.5) is 4.39 Å². The van der Waals surface area contributed by atoms with E-state index in [4.69, 9.17) is 0 Å². The molecule has 4 nitrogen and oxygen atoms in total. The van der Waals surface area contributed by atoms with Gasteiger partial charge in [0, 0.05) is 25.7 Å². The molecule has 18 heavy (non-hydrogen) atoms. The molecule has 0 radical (unpaired) electrons. The van der Waals surface area contributed by atoms with Gasteiger partial charge in [-0.25, -0.2) is 12.8 Å². The second kappa shape index (κ2) is 4.95. The third-order valence-electron chi connectivity index (χ3n) is 3.09. The maximum atomic E-state index is 13.0. The molecule has 100 valence electrons. The van der Waals surface area contributed by atoms with Crippen molar-refractivity contribution in [1.29, 1.82) is 0 Å². The van der Waals surface area contributed by atoms with Gasteiger partial charge in [0.25, 0.3) is 0 Å². The topological polar surface area (TPSA) is 49.4 Å². The number of nitrogens with zero attached hydrogens (tertiary/aromatic N) is 1. The summed E-state index contributed by atoms with van der Waals surface area (Å²) in [5, 5.41) is 3.19. The summed E-state index contributed by atoms with van der Waals surface area (Å²) >= 11 is 0. The number of hydrogen-bond acceptors (Lipinski definition) is 3. The highest BCUT2D eigenvalue weighted by Crippen LogP contribution is 2.21. The zero-order chi connectivity index (χ0) is 13.3. The first-order valence-corrected chi connectivity index (χ1v) is 7.35. The largest absolute Gasteiger partial charge is 0.312 e. The molecule has 0 aromatic heterocycles. The van der Waals surface area contributed by atoms with Crippen LogP contribution in [0.5, 0.6) is 0 Å². The predicted octanol–water partition coefficient (Wildman–Crippen LogP) is 1.12. The fourth-order valence-corrected chi connectivity index (χ4v) is 3.89. The molecule has 0 aliphatic carbocycles. The third kappa shape index (κ3) is 2.55. The number of halogens is 1. The van der Waals surface area contributed by atoms with E-state index in [0.717, 1.165) is 0 Å². The van der Waals surface area contributed by atoms with Gasteiger partial charge in [-0.2, -0.15) is 4.31 Å². The van der Waals surface area contributed by atoms with Crippen molar-refractivity contribution in [3.05, 3.63) is 29.6 Å². The maximum Gasteiger partial charge on any atom is 0.243 e. The Morgan fingerprint density at radius 1 is 1.44 bits per heavy atom. The highest BCUT2D eigenvalue weighted by Gasteiger charge is 2.29. The number of piperazine rings is 1. The number of sulfonamides is 1. The average molecular weight is 272 g/mol. The van der Waals surface area contributed by atoms with Gasteiger partial charge < -0.3 is 5.32 Å². The van der Waals surface area contributed by atoms with Crippen LogP contribution in [0.1, 0.15) is 12.5 Å². The molecule has 0 saturated carbocycles. The van der Waals surface area contributed by atoms with Gasteiger partial charge in [-0.15, -0.1) is 0 Å². The van der Waals surface area contributed by atoms with E-state index in [1.54, 1.807) is 6.92 Å². The standard InChI is InChI=1S/C12H17FN2O2S/c1-9-7-11(13)3-4-12(9)18(16,17)15-6-5-14-10(2)8-15/h3-4,7,10,14H,5-6,8H2,1-2H3. The quantitative estimate of drug-likeness (QED) is 0.877. The van der Waals surface area contributed by atoms with Crippen molar-refractivity contribution in [2.24, 2.45) is 0 Å². The fourth-order valence-electron chi connectivity index (χ4n) is 2.16. The third-order valence-corrected chi connectivity index (χ3v) is 5.11.